The molecule has 0 radical (unpaired) electrons. The highest BCUT2D eigenvalue weighted by atomic mass is 35.5. The molecule has 0 bridgehead atoms. The Balaban J connectivity index is 2.20. The predicted molar refractivity (Wildman–Crippen MR) is 123 cm³/mol. The van der Waals surface area contributed by atoms with Gasteiger partial charge in [-0.3, -0.25) is 4.79 Å². The maximum Gasteiger partial charge on any atom is 0.243 e. The van der Waals surface area contributed by atoms with Crippen LogP contribution in [0.2, 0.25) is 5.02 Å². The van der Waals surface area contributed by atoms with Crippen molar-refractivity contribution in [2.45, 2.75) is 23.6 Å². The lowest BCUT2D eigenvalue weighted by molar-refractivity contribution is -0.116. The van der Waals surface area contributed by atoms with Gasteiger partial charge in [-0.15, -0.1) is 0 Å². The van der Waals surface area contributed by atoms with Gasteiger partial charge in [0.1, 0.15) is 5.75 Å². The van der Waals surface area contributed by atoms with Gasteiger partial charge in [-0.25, -0.2) is 21.1 Å². The molecule has 9 nitrogen and oxygen atoms in total. The lowest BCUT2D eigenvalue weighted by Gasteiger charge is -2.18. The quantitative estimate of drug-likeness (QED) is 0.562. The number of ether oxygens (including phenoxy) is 1. The number of carbonyl (C=O) groups is 1. The van der Waals surface area contributed by atoms with E-state index in [9.17, 15) is 21.6 Å². The summed E-state index contributed by atoms with van der Waals surface area (Å²) in [5.74, 6) is -0.271. The highest BCUT2D eigenvalue weighted by molar-refractivity contribution is 7.89. The zero-order chi connectivity index (χ0) is 24.3. The first kappa shape index (κ1) is 26.1. The number of likely N-dealkylation sites (N-methyl/N-ethyl adjacent to an activating group) is 1. The van der Waals surface area contributed by atoms with E-state index in [0.717, 1.165) is 8.61 Å². The first-order valence-electron chi connectivity index (χ1n) is 9.52. The number of nitrogens with one attached hydrogen (secondary N) is 1. The van der Waals surface area contributed by atoms with Crippen LogP contribution in [0.1, 0.15) is 12.5 Å². The molecular weight excluding hydrogens is 478 g/mol. The monoisotopic (exact) mass is 503 g/mol. The molecule has 0 spiro atoms. The fourth-order valence-electron chi connectivity index (χ4n) is 2.68. The number of benzene rings is 2. The Morgan fingerprint density at radius 3 is 2.16 bits per heavy atom. The molecule has 2 aromatic carbocycles. The molecule has 32 heavy (non-hydrogen) atoms. The number of anilines is 1. The second-order valence-corrected chi connectivity index (χ2v) is 11.7. The van der Waals surface area contributed by atoms with Crippen LogP contribution in [-0.4, -0.2) is 65.6 Å². The molecule has 0 aliphatic carbocycles. The topological polar surface area (TPSA) is 113 Å². The molecule has 0 atom stereocenters. The number of amides is 1. The minimum atomic E-state index is -4.00. The summed E-state index contributed by atoms with van der Waals surface area (Å²) in [5.41, 5.74) is 0.896. The van der Waals surface area contributed by atoms with Gasteiger partial charge in [-0.05, 0) is 49.7 Å². The molecule has 0 heterocycles. The third-order valence-electron chi connectivity index (χ3n) is 4.54. The van der Waals surface area contributed by atoms with Crippen molar-refractivity contribution in [1.82, 2.24) is 8.61 Å². The molecule has 0 aliphatic rings. The van der Waals surface area contributed by atoms with Crippen LogP contribution in [0.3, 0.4) is 0 Å². The van der Waals surface area contributed by atoms with Crippen molar-refractivity contribution >= 4 is 43.2 Å². The number of hydrogen-bond donors (Lipinski definition) is 1. The van der Waals surface area contributed by atoms with Gasteiger partial charge in [0.25, 0.3) is 0 Å². The molecule has 12 heteroatoms. The van der Waals surface area contributed by atoms with Crippen molar-refractivity contribution in [3.05, 3.63) is 47.0 Å². The third-order valence-corrected chi connectivity index (χ3v) is 8.45. The lowest BCUT2D eigenvalue weighted by Crippen LogP contribution is -2.35. The van der Waals surface area contributed by atoms with Crippen LogP contribution in [0.15, 0.2) is 46.2 Å². The van der Waals surface area contributed by atoms with Crippen molar-refractivity contribution < 1.29 is 26.4 Å². The van der Waals surface area contributed by atoms with E-state index in [2.05, 4.69) is 5.32 Å². The first-order valence-corrected chi connectivity index (χ1v) is 12.8. The van der Waals surface area contributed by atoms with Gasteiger partial charge < -0.3 is 10.1 Å². The number of aryl methyl sites for hydroxylation is 1. The van der Waals surface area contributed by atoms with Crippen molar-refractivity contribution in [2.24, 2.45) is 0 Å². The van der Waals surface area contributed by atoms with E-state index in [4.69, 9.17) is 16.3 Å². The summed E-state index contributed by atoms with van der Waals surface area (Å²) in [7, 11) is -3.63. The van der Waals surface area contributed by atoms with Crippen molar-refractivity contribution in [3.8, 4) is 5.75 Å². The third kappa shape index (κ3) is 5.78. The Kier molecular flexibility index (Phi) is 8.29. The average molecular weight is 504 g/mol. The van der Waals surface area contributed by atoms with Gasteiger partial charge in [-0.1, -0.05) is 17.7 Å². The minimum absolute atomic E-state index is 0.00778. The van der Waals surface area contributed by atoms with Gasteiger partial charge >= 0.3 is 0 Å². The maximum absolute atomic E-state index is 12.8. The SMILES string of the molecule is CCOc1ccc(S(=O)(=O)N(C)CC(=O)Nc2cc(S(=O)(=O)N(C)C)ccc2C)cc1Cl. The van der Waals surface area contributed by atoms with Crippen LogP contribution < -0.4 is 10.1 Å². The summed E-state index contributed by atoms with van der Waals surface area (Å²) in [6, 6.07) is 8.40. The van der Waals surface area contributed by atoms with Crippen LogP contribution in [0.5, 0.6) is 5.75 Å². The molecule has 0 aliphatic heterocycles. The number of hydrogen-bond acceptors (Lipinski definition) is 6. The highest BCUT2D eigenvalue weighted by Crippen LogP contribution is 2.28. The molecule has 2 aromatic rings. The summed E-state index contributed by atoms with van der Waals surface area (Å²) in [6.07, 6.45) is 0. The van der Waals surface area contributed by atoms with E-state index in [1.54, 1.807) is 19.9 Å². The average Bonchev–Trinajstić information content (AvgIpc) is 2.70. The molecule has 0 fully saturated rings. The Hall–Kier alpha value is -2.18. The van der Waals surface area contributed by atoms with Gasteiger partial charge in [0.05, 0.1) is 28.0 Å². The maximum atomic E-state index is 12.8. The summed E-state index contributed by atoms with van der Waals surface area (Å²) in [5, 5.41) is 2.72. The number of sulfonamides is 2. The van der Waals surface area contributed by atoms with E-state index in [-0.39, 0.29) is 20.5 Å². The molecule has 0 saturated heterocycles. The lowest BCUT2D eigenvalue weighted by atomic mass is 10.2. The first-order chi connectivity index (χ1) is 14.8. The zero-order valence-corrected chi connectivity index (χ0v) is 20.8. The van der Waals surface area contributed by atoms with Crippen LogP contribution in [0.25, 0.3) is 0 Å². The van der Waals surface area contributed by atoms with Crippen molar-refractivity contribution in [2.75, 3.05) is 39.6 Å². The van der Waals surface area contributed by atoms with Gasteiger partial charge in [0.2, 0.25) is 26.0 Å². The number of halogens is 1. The Morgan fingerprint density at radius 2 is 1.59 bits per heavy atom. The normalized spacial score (nSPS) is 12.2. The second-order valence-electron chi connectivity index (χ2n) is 7.10. The Labute approximate surface area is 194 Å². The van der Waals surface area contributed by atoms with Gasteiger partial charge in [-0.2, -0.15) is 4.31 Å². The van der Waals surface area contributed by atoms with Gasteiger partial charge in [0.15, 0.2) is 0 Å². The van der Waals surface area contributed by atoms with Crippen molar-refractivity contribution in [3.63, 3.8) is 0 Å². The second kappa shape index (κ2) is 10.2. The molecule has 0 saturated carbocycles. The van der Waals surface area contributed by atoms with E-state index >= 15 is 0 Å². The van der Waals surface area contributed by atoms with E-state index in [1.165, 1.54) is 51.5 Å². The number of nitrogens with zero attached hydrogens (tertiary/aromatic N) is 2. The largest absolute Gasteiger partial charge is 0.492 e. The Bertz CT molecular complexity index is 1210. The van der Waals surface area contributed by atoms with E-state index < -0.39 is 32.5 Å². The summed E-state index contributed by atoms with van der Waals surface area (Å²) in [6.45, 7) is 3.37. The molecule has 0 aromatic heterocycles. The summed E-state index contributed by atoms with van der Waals surface area (Å²) in [4.78, 5) is 12.5. The Morgan fingerprint density at radius 1 is 1.00 bits per heavy atom. The summed E-state index contributed by atoms with van der Waals surface area (Å²) < 4.78 is 57.6. The molecule has 2 rings (SSSR count). The van der Waals surface area contributed by atoms with Crippen LogP contribution >= 0.6 is 11.6 Å². The number of carbonyl (C=O) groups excluding carboxylic acids is 1. The van der Waals surface area contributed by atoms with E-state index in [1.807, 2.05) is 0 Å². The fraction of sp³-hybridized carbons (Fsp3) is 0.350. The standard InChI is InChI=1S/C20H26ClN3O6S2/c1-6-30-19-10-9-15(11-17(19)21)32(28,29)24(5)13-20(25)22-18-12-16(8-7-14(18)2)31(26,27)23(3)4/h7-12H,6,13H2,1-5H3,(H,22,25). The van der Waals surface area contributed by atoms with Gasteiger partial charge in [0, 0.05) is 26.8 Å². The minimum Gasteiger partial charge on any atom is -0.492 e. The van der Waals surface area contributed by atoms with Crippen LogP contribution in [0.4, 0.5) is 5.69 Å². The smallest absolute Gasteiger partial charge is 0.243 e. The molecule has 1 N–H and O–H groups in total. The number of rotatable bonds is 9. The zero-order valence-electron chi connectivity index (χ0n) is 18.4. The molecular formula is C20H26ClN3O6S2. The molecule has 176 valence electrons. The predicted octanol–water partition coefficient (Wildman–Crippen LogP) is 2.56. The summed E-state index contributed by atoms with van der Waals surface area (Å²) >= 11 is 6.08. The van der Waals surface area contributed by atoms with E-state index in [0.29, 0.717) is 17.9 Å². The van der Waals surface area contributed by atoms with Crippen LogP contribution in [0, 0.1) is 6.92 Å². The highest BCUT2D eigenvalue weighted by Gasteiger charge is 2.25. The molecule has 1 amide bonds. The van der Waals surface area contributed by atoms with Crippen molar-refractivity contribution in [1.29, 1.82) is 0 Å². The fourth-order valence-corrected chi connectivity index (χ4v) is 5.06. The molecule has 0 unspecified atom stereocenters. The van der Waals surface area contributed by atoms with Crippen LogP contribution in [-0.2, 0) is 24.8 Å².